The third-order valence-electron chi connectivity index (χ3n) is 10.1. The molecule has 0 aliphatic heterocycles. The second kappa shape index (κ2) is 32.4. The van der Waals surface area contributed by atoms with Gasteiger partial charge in [-0.15, -0.1) is 0 Å². The minimum Gasteiger partial charge on any atom is -0.461 e. The van der Waals surface area contributed by atoms with Crippen LogP contribution in [0.4, 0.5) is 5.69 Å². The highest BCUT2D eigenvalue weighted by Gasteiger charge is 2.35. The zero-order chi connectivity index (χ0) is 49.6. The smallest absolute Gasteiger partial charge is 0.308 e. The molecule has 0 spiro atoms. The van der Waals surface area contributed by atoms with Crippen LogP contribution in [-0.2, 0) is 68.8 Å². The lowest BCUT2D eigenvalue weighted by Crippen LogP contribution is -2.49. The molecule has 0 bridgehead atoms. The number of aliphatic hydroxyl groups excluding tert-OH is 1. The second-order valence-corrected chi connectivity index (χ2v) is 16.0. The standard InChI is InChI=1S/C48H68N4O14/c1-8-12-13-14-37(49-32(7)54)39(55)20-21-42(58)51-38(29-45(61)66-25-11-4)40(56)26-34(17-22-43(59)64-23-9-2)47(62)52-46(31(5)6)41(57)27-35(28-44(60)65-24-10-3)48(63)50-36-18-15-33(30-53)16-19-36/h9-11,15-16,18-19,31,34-35,37-38,46,53H,2-4,8,12-14,17,20-30H2,1,5-7H3,(H,49,54)(H,50,63)(H,51,58)(H,52,62)/t34-,35+,37+,38+,46+/m1/s1. The molecule has 364 valence electrons. The van der Waals surface area contributed by atoms with Crippen molar-refractivity contribution in [3.05, 3.63) is 67.8 Å². The minimum atomic E-state index is -1.55. The summed E-state index contributed by atoms with van der Waals surface area (Å²) in [6, 6.07) is 2.59. The lowest BCUT2D eigenvalue weighted by molar-refractivity contribution is -0.146. The van der Waals surface area contributed by atoms with E-state index < -0.39 is 127 Å². The Morgan fingerprint density at radius 1 is 0.621 bits per heavy atom. The van der Waals surface area contributed by atoms with Crippen LogP contribution in [0.15, 0.2) is 62.2 Å². The summed E-state index contributed by atoms with van der Waals surface area (Å²) in [5, 5.41) is 19.8. The number of amides is 4. The number of rotatable bonds is 35. The van der Waals surface area contributed by atoms with Gasteiger partial charge in [-0.2, -0.15) is 0 Å². The highest BCUT2D eigenvalue weighted by atomic mass is 16.5. The van der Waals surface area contributed by atoms with Crippen LogP contribution in [-0.4, -0.2) is 102 Å². The van der Waals surface area contributed by atoms with Crippen LogP contribution in [0.5, 0.6) is 0 Å². The number of hydrogen-bond acceptors (Lipinski definition) is 14. The molecule has 0 aromatic heterocycles. The molecule has 4 amide bonds. The summed E-state index contributed by atoms with van der Waals surface area (Å²) in [5.74, 6) is -10.2. The number of nitrogens with one attached hydrogen (secondary N) is 4. The molecule has 0 aliphatic rings. The van der Waals surface area contributed by atoms with Crippen molar-refractivity contribution in [3.8, 4) is 0 Å². The van der Waals surface area contributed by atoms with Crippen LogP contribution in [0.25, 0.3) is 0 Å². The molecular weight excluding hydrogens is 857 g/mol. The Morgan fingerprint density at radius 3 is 1.74 bits per heavy atom. The fourth-order valence-corrected chi connectivity index (χ4v) is 6.55. The van der Waals surface area contributed by atoms with Gasteiger partial charge < -0.3 is 40.6 Å². The van der Waals surface area contributed by atoms with Crippen LogP contribution in [0.2, 0.25) is 0 Å². The molecule has 1 rings (SSSR count). The minimum absolute atomic E-state index is 0.129. The number of unbranched alkanes of at least 4 members (excludes halogenated alkanes) is 2. The SMILES string of the molecule is C=CCOC(=O)CC[C@H](CC(=O)[C@H](CC(=O)OCC=C)NC(=O)CCC(=O)[C@H](CCCCC)NC(C)=O)C(=O)N[C@H](C(=O)C[C@@H](CC(=O)OCC=C)C(=O)Nc1ccc(CO)cc1)C(C)C. The molecule has 66 heavy (non-hydrogen) atoms. The fourth-order valence-electron chi connectivity index (χ4n) is 6.55. The van der Waals surface area contributed by atoms with E-state index in [1.165, 1.54) is 37.3 Å². The summed E-state index contributed by atoms with van der Waals surface area (Å²) in [6.07, 6.45) is 3.06. The maximum atomic E-state index is 14.1. The van der Waals surface area contributed by atoms with Gasteiger partial charge in [0.15, 0.2) is 17.3 Å². The zero-order valence-corrected chi connectivity index (χ0v) is 38.7. The van der Waals surface area contributed by atoms with Crippen molar-refractivity contribution in [2.45, 2.75) is 129 Å². The topological polar surface area (TPSA) is 267 Å². The largest absolute Gasteiger partial charge is 0.461 e. The lowest BCUT2D eigenvalue weighted by Gasteiger charge is -2.26. The summed E-state index contributed by atoms with van der Waals surface area (Å²) in [7, 11) is 0. The molecule has 18 nitrogen and oxygen atoms in total. The summed E-state index contributed by atoms with van der Waals surface area (Å²) >= 11 is 0. The Kier molecular flexibility index (Phi) is 28.3. The number of benzene rings is 1. The average molecular weight is 925 g/mol. The molecule has 5 N–H and O–H groups in total. The molecule has 0 fully saturated rings. The molecule has 0 aliphatic carbocycles. The van der Waals surface area contributed by atoms with Crippen LogP contribution in [0, 0.1) is 17.8 Å². The normalized spacial score (nSPS) is 13.0. The van der Waals surface area contributed by atoms with Gasteiger partial charge in [0.25, 0.3) is 0 Å². The number of aliphatic hydroxyl groups is 1. The Balaban J connectivity index is 3.43. The van der Waals surface area contributed by atoms with Crippen LogP contribution in [0.3, 0.4) is 0 Å². The zero-order valence-electron chi connectivity index (χ0n) is 38.7. The maximum Gasteiger partial charge on any atom is 0.308 e. The van der Waals surface area contributed by atoms with Gasteiger partial charge in [-0.1, -0.05) is 90.1 Å². The van der Waals surface area contributed by atoms with E-state index in [-0.39, 0.29) is 45.7 Å². The molecule has 0 saturated heterocycles. The van der Waals surface area contributed by atoms with E-state index in [0.29, 0.717) is 24.1 Å². The predicted molar refractivity (Wildman–Crippen MR) is 244 cm³/mol. The second-order valence-electron chi connectivity index (χ2n) is 16.0. The van der Waals surface area contributed by atoms with E-state index in [1.54, 1.807) is 26.0 Å². The van der Waals surface area contributed by atoms with Crippen LogP contribution in [0.1, 0.15) is 110 Å². The number of hydrogen-bond donors (Lipinski definition) is 5. The molecule has 0 radical (unpaired) electrons. The number of Topliss-reactive ketones (excluding diaryl/α,β-unsaturated/α-hetero) is 3. The number of esters is 3. The number of ether oxygens (including phenoxy) is 3. The van der Waals surface area contributed by atoms with Gasteiger partial charge in [0.05, 0.1) is 43.5 Å². The third-order valence-corrected chi connectivity index (χ3v) is 10.1. The van der Waals surface area contributed by atoms with Gasteiger partial charge in [-0.05, 0) is 36.5 Å². The first-order valence-corrected chi connectivity index (χ1v) is 22.1. The van der Waals surface area contributed by atoms with E-state index in [2.05, 4.69) is 41.0 Å². The average Bonchev–Trinajstić information content (AvgIpc) is 3.28. The van der Waals surface area contributed by atoms with E-state index in [1.807, 2.05) is 6.92 Å². The van der Waals surface area contributed by atoms with Gasteiger partial charge in [0.2, 0.25) is 23.6 Å². The lowest BCUT2D eigenvalue weighted by atomic mass is 9.88. The Labute approximate surface area is 387 Å². The van der Waals surface area contributed by atoms with Crippen molar-refractivity contribution in [2.75, 3.05) is 25.1 Å². The first kappa shape index (κ1) is 57.7. The fraction of sp³-hybridized carbons (Fsp3) is 0.542. The van der Waals surface area contributed by atoms with Crippen molar-refractivity contribution >= 4 is 64.6 Å². The summed E-state index contributed by atoms with van der Waals surface area (Å²) in [5.41, 5.74) is 0.908. The number of ketones is 3. The third kappa shape index (κ3) is 23.6. The van der Waals surface area contributed by atoms with Gasteiger partial charge >= 0.3 is 17.9 Å². The Bertz CT molecular complexity index is 1840. The van der Waals surface area contributed by atoms with Gasteiger partial charge in [0.1, 0.15) is 19.8 Å². The van der Waals surface area contributed by atoms with Gasteiger partial charge in [0, 0.05) is 50.6 Å². The monoisotopic (exact) mass is 924 g/mol. The van der Waals surface area contributed by atoms with Crippen LogP contribution < -0.4 is 21.3 Å². The number of anilines is 1. The summed E-state index contributed by atoms with van der Waals surface area (Å²) in [6.45, 7) is 16.3. The molecular formula is C48H68N4O14. The van der Waals surface area contributed by atoms with E-state index in [0.717, 1.165) is 12.8 Å². The summed E-state index contributed by atoms with van der Waals surface area (Å²) < 4.78 is 15.2. The van der Waals surface area contributed by atoms with E-state index >= 15 is 0 Å². The highest BCUT2D eigenvalue weighted by Crippen LogP contribution is 2.21. The van der Waals surface area contributed by atoms with Gasteiger partial charge in [-0.25, -0.2) is 0 Å². The van der Waals surface area contributed by atoms with Crippen molar-refractivity contribution in [2.24, 2.45) is 17.8 Å². The van der Waals surface area contributed by atoms with Crippen molar-refractivity contribution in [3.63, 3.8) is 0 Å². The van der Waals surface area contributed by atoms with Crippen molar-refractivity contribution in [1.29, 1.82) is 0 Å². The number of carbonyl (C=O) groups is 10. The predicted octanol–water partition coefficient (Wildman–Crippen LogP) is 4.08. The molecule has 1 aromatic rings. The molecule has 5 atom stereocenters. The van der Waals surface area contributed by atoms with Gasteiger partial charge in [-0.3, -0.25) is 47.9 Å². The summed E-state index contributed by atoms with van der Waals surface area (Å²) in [4.78, 5) is 132. The first-order chi connectivity index (χ1) is 31.4. The van der Waals surface area contributed by atoms with E-state index in [9.17, 15) is 53.1 Å². The van der Waals surface area contributed by atoms with Crippen molar-refractivity contribution < 1.29 is 67.3 Å². The Morgan fingerprint density at radius 2 is 1.20 bits per heavy atom. The first-order valence-electron chi connectivity index (χ1n) is 22.1. The maximum absolute atomic E-state index is 14.1. The molecule has 0 heterocycles. The molecule has 0 saturated carbocycles. The van der Waals surface area contributed by atoms with E-state index in [4.69, 9.17) is 14.2 Å². The quantitative estimate of drug-likeness (QED) is 0.0278. The molecule has 18 heteroatoms. The highest BCUT2D eigenvalue weighted by molar-refractivity contribution is 6.00. The van der Waals surface area contributed by atoms with Crippen LogP contribution >= 0.6 is 0 Å². The Hall–Kier alpha value is -6.30. The number of carbonyl (C=O) groups excluding carboxylic acids is 10. The molecule has 1 aromatic carbocycles. The van der Waals surface area contributed by atoms with Crippen molar-refractivity contribution in [1.82, 2.24) is 16.0 Å². The molecule has 0 unspecified atom stereocenters.